The number of nitrogens with zero attached hydrogens (tertiary/aromatic N) is 2. The second-order valence-electron chi connectivity index (χ2n) is 5.46. The molecule has 1 aliphatic heterocycles. The largest absolute Gasteiger partial charge is 0.369 e. The monoisotopic (exact) mass is 283 g/mol. The quantitative estimate of drug-likeness (QED) is 0.855. The molecule has 1 atom stereocenters. The molecule has 0 amide bonds. The minimum absolute atomic E-state index is 0.344. The van der Waals surface area contributed by atoms with Gasteiger partial charge in [0.05, 0.1) is 0 Å². The highest BCUT2D eigenvalue weighted by Crippen LogP contribution is 2.39. The van der Waals surface area contributed by atoms with E-state index in [-0.39, 0.29) is 0 Å². The Morgan fingerprint density at radius 2 is 2.33 bits per heavy atom. The Labute approximate surface area is 117 Å². The number of anilines is 1. The summed E-state index contributed by atoms with van der Waals surface area (Å²) in [6.07, 6.45) is 5.00. The molecule has 1 saturated carbocycles. The lowest BCUT2D eigenvalue weighted by molar-refractivity contribution is 0.633. The van der Waals surface area contributed by atoms with E-state index in [1.807, 2.05) is 6.07 Å². The zero-order valence-corrected chi connectivity index (χ0v) is 12.2. The molecule has 0 aromatic carbocycles. The van der Waals surface area contributed by atoms with Crippen LogP contribution in [0.1, 0.15) is 44.3 Å². The summed E-state index contributed by atoms with van der Waals surface area (Å²) in [5.74, 6) is 3.61. The van der Waals surface area contributed by atoms with E-state index in [2.05, 4.69) is 34.0 Å². The maximum absolute atomic E-state index is 6.06. The van der Waals surface area contributed by atoms with Gasteiger partial charge in [0.15, 0.2) is 0 Å². The van der Waals surface area contributed by atoms with Crippen molar-refractivity contribution in [2.75, 3.05) is 17.6 Å². The number of nitrogens with one attached hydrogen (secondary N) is 1. The minimum atomic E-state index is 0.344. The first-order chi connectivity index (χ1) is 8.65. The van der Waals surface area contributed by atoms with Crippen molar-refractivity contribution in [3.05, 3.63) is 17.0 Å². The van der Waals surface area contributed by atoms with Gasteiger partial charge in [-0.3, -0.25) is 0 Å². The van der Waals surface area contributed by atoms with Gasteiger partial charge in [-0.05, 0) is 38.4 Å². The molecule has 1 aromatic rings. The topological polar surface area (TPSA) is 37.8 Å². The Bertz CT molecular complexity index is 442. The van der Waals surface area contributed by atoms with Crippen molar-refractivity contribution in [2.24, 2.45) is 0 Å². The molecule has 0 radical (unpaired) electrons. The molecule has 2 heterocycles. The van der Waals surface area contributed by atoms with Gasteiger partial charge in [0, 0.05) is 23.3 Å². The van der Waals surface area contributed by atoms with E-state index in [9.17, 15) is 0 Å². The van der Waals surface area contributed by atoms with Crippen molar-refractivity contribution in [3.63, 3.8) is 0 Å². The fourth-order valence-corrected chi connectivity index (χ4v) is 3.74. The standard InChI is InChI=1S/C13H18ClN3S/c1-13(5-2-6-18-13)8-15-11-7-10(14)16-12(17-11)9-3-4-9/h7,9H,2-6,8H2,1H3,(H,15,16,17). The van der Waals surface area contributed by atoms with E-state index >= 15 is 0 Å². The van der Waals surface area contributed by atoms with E-state index in [4.69, 9.17) is 11.6 Å². The van der Waals surface area contributed by atoms with Gasteiger partial charge in [0.25, 0.3) is 0 Å². The van der Waals surface area contributed by atoms with Crippen LogP contribution < -0.4 is 5.32 Å². The second-order valence-corrected chi connectivity index (χ2v) is 7.53. The minimum Gasteiger partial charge on any atom is -0.369 e. The van der Waals surface area contributed by atoms with Crippen LogP contribution in [0.4, 0.5) is 5.82 Å². The van der Waals surface area contributed by atoms with Crippen molar-refractivity contribution in [2.45, 2.75) is 43.3 Å². The van der Waals surface area contributed by atoms with Crippen LogP contribution in [-0.4, -0.2) is 27.0 Å². The van der Waals surface area contributed by atoms with Crippen LogP contribution in [-0.2, 0) is 0 Å². The summed E-state index contributed by atoms with van der Waals surface area (Å²) in [7, 11) is 0. The molecule has 5 heteroatoms. The van der Waals surface area contributed by atoms with E-state index in [1.165, 1.54) is 31.4 Å². The van der Waals surface area contributed by atoms with Crippen LogP contribution in [0.3, 0.4) is 0 Å². The molecule has 0 spiro atoms. The average Bonchev–Trinajstić information content (AvgIpc) is 3.10. The van der Waals surface area contributed by atoms with Crippen LogP contribution >= 0.6 is 23.4 Å². The summed E-state index contributed by atoms with van der Waals surface area (Å²) < 4.78 is 0.344. The number of hydrogen-bond acceptors (Lipinski definition) is 4. The third kappa shape index (κ3) is 2.91. The Kier molecular flexibility index (Phi) is 3.41. The van der Waals surface area contributed by atoms with E-state index in [1.54, 1.807) is 0 Å². The van der Waals surface area contributed by atoms with Gasteiger partial charge < -0.3 is 5.32 Å². The maximum Gasteiger partial charge on any atom is 0.135 e. The Hall–Kier alpha value is -0.480. The van der Waals surface area contributed by atoms with Gasteiger partial charge in [-0.2, -0.15) is 11.8 Å². The molecule has 3 nitrogen and oxygen atoms in total. The molecule has 2 aliphatic rings. The number of halogens is 1. The first kappa shape index (κ1) is 12.5. The molecule has 1 N–H and O–H groups in total. The van der Waals surface area contributed by atoms with Crippen LogP contribution in [0, 0.1) is 0 Å². The average molecular weight is 284 g/mol. The number of thioether (sulfide) groups is 1. The highest BCUT2D eigenvalue weighted by Gasteiger charge is 2.30. The summed E-state index contributed by atoms with van der Waals surface area (Å²) in [5.41, 5.74) is 0. The van der Waals surface area contributed by atoms with E-state index in [0.29, 0.717) is 15.8 Å². The SMILES string of the molecule is CC1(CNc2cc(Cl)nc(C3CC3)n2)CCCS1. The summed E-state index contributed by atoms with van der Waals surface area (Å²) in [6.45, 7) is 3.28. The zero-order chi connectivity index (χ0) is 12.6. The number of rotatable bonds is 4. The highest BCUT2D eigenvalue weighted by atomic mass is 35.5. The van der Waals surface area contributed by atoms with E-state index < -0.39 is 0 Å². The van der Waals surface area contributed by atoms with Gasteiger partial charge in [-0.25, -0.2) is 9.97 Å². The van der Waals surface area contributed by atoms with Crippen LogP contribution in [0.15, 0.2) is 6.07 Å². The van der Waals surface area contributed by atoms with Crippen molar-refractivity contribution in [1.29, 1.82) is 0 Å². The predicted octanol–water partition coefficient (Wildman–Crippen LogP) is 3.71. The molecule has 0 bridgehead atoms. The molecular weight excluding hydrogens is 266 g/mol. The molecule has 1 unspecified atom stereocenters. The second kappa shape index (κ2) is 4.89. The van der Waals surface area contributed by atoms with Crippen molar-refractivity contribution >= 4 is 29.2 Å². The molecular formula is C13H18ClN3S. The fourth-order valence-electron chi connectivity index (χ4n) is 2.30. The van der Waals surface area contributed by atoms with Crippen LogP contribution in [0.5, 0.6) is 0 Å². The van der Waals surface area contributed by atoms with Gasteiger partial charge in [-0.15, -0.1) is 0 Å². The number of hydrogen-bond donors (Lipinski definition) is 1. The zero-order valence-electron chi connectivity index (χ0n) is 10.6. The molecule has 1 aromatic heterocycles. The molecule has 2 fully saturated rings. The molecule has 1 aliphatic carbocycles. The van der Waals surface area contributed by atoms with E-state index in [0.717, 1.165) is 18.2 Å². The summed E-state index contributed by atoms with van der Waals surface area (Å²) in [4.78, 5) is 8.87. The van der Waals surface area contributed by atoms with Crippen LogP contribution in [0.25, 0.3) is 0 Å². The van der Waals surface area contributed by atoms with Gasteiger partial charge in [-0.1, -0.05) is 11.6 Å². The van der Waals surface area contributed by atoms with Crippen molar-refractivity contribution in [3.8, 4) is 0 Å². The maximum atomic E-state index is 6.06. The molecule has 3 rings (SSSR count). The lowest BCUT2D eigenvalue weighted by Crippen LogP contribution is -2.27. The third-order valence-corrected chi connectivity index (χ3v) is 5.33. The smallest absolute Gasteiger partial charge is 0.135 e. The molecule has 98 valence electrons. The van der Waals surface area contributed by atoms with Crippen molar-refractivity contribution < 1.29 is 0 Å². The van der Waals surface area contributed by atoms with Crippen LogP contribution in [0.2, 0.25) is 5.15 Å². The van der Waals surface area contributed by atoms with Gasteiger partial charge >= 0.3 is 0 Å². The van der Waals surface area contributed by atoms with Gasteiger partial charge in [0.1, 0.15) is 16.8 Å². The normalized spacial score (nSPS) is 27.4. The first-order valence-electron chi connectivity index (χ1n) is 6.57. The van der Waals surface area contributed by atoms with Gasteiger partial charge in [0.2, 0.25) is 0 Å². The molecule has 1 saturated heterocycles. The summed E-state index contributed by atoms with van der Waals surface area (Å²) >= 11 is 8.11. The summed E-state index contributed by atoms with van der Waals surface area (Å²) in [6, 6.07) is 1.83. The third-order valence-electron chi connectivity index (χ3n) is 3.60. The fraction of sp³-hybridized carbons (Fsp3) is 0.692. The first-order valence-corrected chi connectivity index (χ1v) is 7.93. The highest BCUT2D eigenvalue weighted by molar-refractivity contribution is 8.00. The predicted molar refractivity (Wildman–Crippen MR) is 77.6 cm³/mol. The lowest BCUT2D eigenvalue weighted by Gasteiger charge is -2.23. The Morgan fingerprint density at radius 3 is 3.00 bits per heavy atom. The molecule has 18 heavy (non-hydrogen) atoms. The van der Waals surface area contributed by atoms with Crippen molar-refractivity contribution in [1.82, 2.24) is 9.97 Å². The number of aromatic nitrogens is 2. The lowest BCUT2D eigenvalue weighted by atomic mass is 10.1. The Morgan fingerprint density at radius 1 is 1.50 bits per heavy atom. The summed E-state index contributed by atoms with van der Waals surface area (Å²) in [5, 5.41) is 3.99. The Balaban J connectivity index is 1.68.